The molecule has 0 amide bonds. The van der Waals surface area contributed by atoms with Crippen molar-refractivity contribution < 1.29 is 4.68 Å². The molecule has 0 spiro atoms. The van der Waals surface area contributed by atoms with Crippen LogP contribution in [0.2, 0.25) is 0 Å². The minimum Gasteiger partial charge on any atom is -0.161 e. The van der Waals surface area contributed by atoms with E-state index in [0.29, 0.717) is 0 Å². The Bertz CT molecular complexity index is 455. The van der Waals surface area contributed by atoms with Gasteiger partial charge in [-0.05, 0) is 18.6 Å². The highest BCUT2D eigenvalue weighted by Gasteiger charge is 2.16. The average molecular weight is 201 g/mol. The maximum absolute atomic E-state index is 2.26. The van der Waals surface area contributed by atoms with Crippen LogP contribution in [0.15, 0.2) is 36.4 Å². The van der Waals surface area contributed by atoms with Crippen LogP contribution in [0.5, 0.6) is 0 Å². The van der Waals surface area contributed by atoms with Gasteiger partial charge in [0.15, 0.2) is 7.05 Å². The molecule has 0 atom stereocenters. The van der Waals surface area contributed by atoms with Crippen LogP contribution in [0.1, 0.15) is 12.6 Å². The zero-order valence-electron chi connectivity index (χ0n) is 9.57. The molecular formula is C13H17N2+. The lowest BCUT2D eigenvalue weighted by Crippen LogP contribution is -2.39. The number of hydrogen-bond donors (Lipinski definition) is 0. The van der Waals surface area contributed by atoms with E-state index in [1.807, 2.05) is 6.07 Å². The summed E-state index contributed by atoms with van der Waals surface area (Å²) in [6, 6.07) is 12.8. The number of hydrogen-bond acceptors (Lipinski definition) is 0. The second-order valence-corrected chi connectivity index (χ2v) is 3.79. The van der Waals surface area contributed by atoms with Crippen LogP contribution in [-0.2, 0) is 20.5 Å². The molecule has 1 aromatic carbocycles. The first-order chi connectivity index (χ1) is 7.24. The smallest absolute Gasteiger partial charge is 0.161 e. The largest absolute Gasteiger partial charge is 0.238 e. The minimum atomic E-state index is 1.07. The summed E-state index contributed by atoms with van der Waals surface area (Å²) >= 11 is 0. The highest BCUT2D eigenvalue weighted by atomic mass is 15.4. The summed E-state index contributed by atoms with van der Waals surface area (Å²) in [6.45, 7) is 2.18. The van der Waals surface area contributed by atoms with Crippen molar-refractivity contribution in [3.63, 3.8) is 0 Å². The van der Waals surface area contributed by atoms with Crippen molar-refractivity contribution in [2.75, 3.05) is 0 Å². The molecule has 0 saturated heterocycles. The lowest BCUT2D eigenvalue weighted by molar-refractivity contribution is -0.741. The Morgan fingerprint density at radius 1 is 1.20 bits per heavy atom. The van der Waals surface area contributed by atoms with Crippen molar-refractivity contribution in [1.82, 2.24) is 4.68 Å². The van der Waals surface area contributed by atoms with Gasteiger partial charge >= 0.3 is 0 Å². The molecule has 1 heterocycles. The summed E-state index contributed by atoms with van der Waals surface area (Å²) in [5.74, 6) is 0. The molecule has 0 aliphatic rings. The predicted octanol–water partition coefficient (Wildman–Crippen LogP) is 2.08. The molecule has 0 fully saturated rings. The monoisotopic (exact) mass is 201 g/mol. The van der Waals surface area contributed by atoms with E-state index < -0.39 is 0 Å². The zero-order chi connectivity index (χ0) is 10.8. The zero-order valence-corrected chi connectivity index (χ0v) is 9.57. The van der Waals surface area contributed by atoms with Crippen LogP contribution < -0.4 is 4.68 Å². The van der Waals surface area contributed by atoms with Crippen LogP contribution in [0.4, 0.5) is 0 Å². The van der Waals surface area contributed by atoms with Gasteiger partial charge in [-0.2, -0.15) is 4.68 Å². The van der Waals surface area contributed by atoms with E-state index in [0.717, 1.165) is 6.42 Å². The van der Waals surface area contributed by atoms with Gasteiger partial charge in [-0.3, -0.25) is 0 Å². The van der Waals surface area contributed by atoms with E-state index in [1.165, 1.54) is 17.0 Å². The third-order valence-corrected chi connectivity index (χ3v) is 2.95. The van der Waals surface area contributed by atoms with Crippen LogP contribution in [0, 0.1) is 0 Å². The first-order valence-corrected chi connectivity index (χ1v) is 5.34. The molecular weight excluding hydrogens is 184 g/mol. The number of aryl methyl sites for hydroxylation is 1. The number of benzene rings is 1. The van der Waals surface area contributed by atoms with Crippen molar-refractivity contribution in [1.29, 1.82) is 0 Å². The lowest BCUT2D eigenvalue weighted by Gasteiger charge is -1.96. The molecule has 2 rings (SSSR count). The normalized spacial score (nSPS) is 10.6. The van der Waals surface area contributed by atoms with E-state index in [4.69, 9.17) is 0 Å². The summed E-state index contributed by atoms with van der Waals surface area (Å²) in [6.07, 6.45) is 1.07. The van der Waals surface area contributed by atoms with Crippen molar-refractivity contribution in [2.24, 2.45) is 14.1 Å². The van der Waals surface area contributed by atoms with Crippen LogP contribution in [0.25, 0.3) is 11.3 Å². The summed E-state index contributed by atoms with van der Waals surface area (Å²) in [5.41, 5.74) is 3.90. The maximum atomic E-state index is 2.26. The molecule has 0 bridgehead atoms. The van der Waals surface area contributed by atoms with Gasteiger partial charge in [-0.15, -0.1) is 4.68 Å². The second kappa shape index (κ2) is 3.89. The molecule has 0 aliphatic carbocycles. The molecule has 15 heavy (non-hydrogen) atoms. The molecule has 0 unspecified atom stereocenters. The van der Waals surface area contributed by atoms with Gasteiger partial charge in [0.05, 0.1) is 12.7 Å². The molecule has 0 radical (unpaired) electrons. The van der Waals surface area contributed by atoms with Crippen LogP contribution in [-0.4, -0.2) is 4.68 Å². The Labute approximate surface area is 90.8 Å². The molecule has 0 saturated carbocycles. The van der Waals surface area contributed by atoms with E-state index >= 15 is 0 Å². The second-order valence-electron chi connectivity index (χ2n) is 3.79. The summed E-state index contributed by atoms with van der Waals surface area (Å²) in [4.78, 5) is 0. The molecule has 2 aromatic rings. The highest BCUT2D eigenvalue weighted by molar-refractivity contribution is 5.56. The molecule has 78 valence electrons. The number of aromatic nitrogens is 2. The van der Waals surface area contributed by atoms with Gasteiger partial charge < -0.3 is 0 Å². The fourth-order valence-corrected chi connectivity index (χ4v) is 1.91. The van der Waals surface area contributed by atoms with Gasteiger partial charge in [0.1, 0.15) is 0 Å². The predicted molar refractivity (Wildman–Crippen MR) is 61.4 cm³/mol. The Morgan fingerprint density at radius 2 is 1.87 bits per heavy atom. The Hall–Kier alpha value is -1.57. The van der Waals surface area contributed by atoms with Gasteiger partial charge in [0, 0.05) is 11.6 Å². The molecule has 2 heteroatoms. The average Bonchev–Trinajstić information content (AvgIpc) is 2.57. The summed E-state index contributed by atoms with van der Waals surface area (Å²) in [5, 5.41) is 0. The standard InChI is InChI=1S/C13H17N2/c1-4-12-10-13(15(3)14(12)2)11-8-6-5-7-9-11/h5-10H,4H2,1-3H3/q+1. The van der Waals surface area contributed by atoms with E-state index in [-0.39, 0.29) is 0 Å². The van der Waals surface area contributed by atoms with Crippen molar-refractivity contribution in [2.45, 2.75) is 13.3 Å². The first kappa shape index (κ1) is 9.97. The van der Waals surface area contributed by atoms with Crippen molar-refractivity contribution in [3.05, 3.63) is 42.1 Å². The van der Waals surface area contributed by atoms with Gasteiger partial charge in [0.2, 0.25) is 5.69 Å². The fourth-order valence-electron chi connectivity index (χ4n) is 1.91. The molecule has 2 nitrogen and oxygen atoms in total. The summed E-state index contributed by atoms with van der Waals surface area (Å²) < 4.78 is 4.39. The Kier molecular flexibility index (Phi) is 2.58. The Balaban J connectivity index is 2.55. The highest BCUT2D eigenvalue weighted by Crippen LogP contribution is 2.16. The lowest BCUT2D eigenvalue weighted by atomic mass is 10.1. The third kappa shape index (κ3) is 1.67. The van der Waals surface area contributed by atoms with Gasteiger partial charge in [-0.25, -0.2) is 0 Å². The minimum absolute atomic E-state index is 1.07. The first-order valence-electron chi connectivity index (χ1n) is 5.34. The number of rotatable bonds is 2. The van der Waals surface area contributed by atoms with Gasteiger partial charge in [0.25, 0.3) is 0 Å². The molecule has 0 aliphatic heterocycles. The van der Waals surface area contributed by atoms with E-state index in [2.05, 4.69) is 60.7 Å². The van der Waals surface area contributed by atoms with Crippen LogP contribution >= 0.6 is 0 Å². The number of nitrogens with zero attached hydrogens (tertiary/aromatic N) is 2. The molecule has 1 aromatic heterocycles. The van der Waals surface area contributed by atoms with Crippen LogP contribution in [0.3, 0.4) is 0 Å². The van der Waals surface area contributed by atoms with E-state index in [9.17, 15) is 0 Å². The SMILES string of the molecule is CCc1cc(-c2ccccc2)[n+](C)n1C. The third-order valence-electron chi connectivity index (χ3n) is 2.95. The molecule has 0 N–H and O–H groups in total. The van der Waals surface area contributed by atoms with E-state index in [1.54, 1.807) is 0 Å². The maximum Gasteiger partial charge on any atom is 0.238 e. The quantitative estimate of drug-likeness (QED) is 0.658. The van der Waals surface area contributed by atoms with Crippen molar-refractivity contribution >= 4 is 0 Å². The van der Waals surface area contributed by atoms with Crippen molar-refractivity contribution in [3.8, 4) is 11.3 Å². The topological polar surface area (TPSA) is 8.81 Å². The summed E-state index contributed by atoms with van der Waals surface area (Å²) in [7, 11) is 4.20. The van der Waals surface area contributed by atoms with Gasteiger partial charge in [-0.1, -0.05) is 25.1 Å². The Morgan fingerprint density at radius 3 is 2.40 bits per heavy atom. The fraction of sp³-hybridized carbons (Fsp3) is 0.308.